The molecule has 1 saturated carbocycles. The summed E-state index contributed by atoms with van der Waals surface area (Å²) >= 11 is 0. The highest BCUT2D eigenvalue weighted by molar-refractivity contribution is 6.02. The molecule has 2 heterocycles. The van der Waals surface area contributed by atoms with Crippen LogP contribution in [0.1, 0.15) is 51.8 Å². The minimum absolute atomic E-state index is 0.173. The van der Waals surface area contributed by atoms with E-state index in [1.165, 1.54) is 24.3 Å². The van der Waals surface area contributed by atoms with E-state index in [-0.39, 0.29) is 29.2 Å². The Balaban J connectivity index is 1.60. The summed E-state index contributed by atoms with van der Waals surface area (Å²) in [5.74, 6) is -3.33. The number of hydrogen-bond donors (Lipinski definition) is 1. The Hall–Kier alpha value is -4.44. The van der Waals surface area contributed by atoms with Crippen LogP contribution in [0.3, 0.4) is 0 Å². The average Bonchev–Trinajstić information content (AvgIpc) is 3.81. The number of carbonyl (C=O) groups is 3. The quantitative estimate of drug-likeness (QED) is 0.250. The first kappa shape index (κ1) is 28.7. The number of aryl methyl sites for hydroxylation is 1. The van der Waals surface area contributed by atoms with E-state index in [0.717, 1.165) is 5.56 Å². The van der Waals surface area contributed by atoms with Crippen LogP contribution in [0.25, 0.3) is 0 Å². The van der Waals surface area contributed by atoms with Gasteiger partial charge < -0.3 is 15.1 Å². The van der Waals surface area contributed by atoms with Gasteiger partial charge in [-0.25, -0.2) is 4.39 Å². The van der Waals surface area contributed by atoms with Gasteiger partial charge in [0.2, 0.25) is 11.8 Å². The Morgan fingerprint density at radius 1 is 0.907 bits per heavy atom. The predicted octanol–water partition coefficient (Wildman–Crippen LogP) is 4.42. The molecule has 0 aromatic heterocycles. The number of hydrogen-bond acceptors (Lipinski definition) is 6. The van der Waals surface area contributed by atoms with Crippen molar-refractivity contribution >= 4 is 23.3 Å². The fraction of sp³-hybridized carbons (Fsp3) is 0.364. The second kappa shape index (κ2) is 11.7. The first-order valence-electron chi connectivity index (χ1n) is 14.7. The molecule has 2 amide bonds. The van der Waals surface area contributed by atoms with Gasteiger partial charge in [0.25, 0.3) is 5.69 Å². The molecule has 3 aliphatic rings. The highest BCUT2D eigenvalue weighted by atomic mass is 19.1. The van der Waals surface area contributed by atoms with Crippen LogP contribution in [0.15, 0.2) is 72.8 Å². The van der Waals surface area contributed by atoms with Crippen LogP contribution < -0.4 is 5.32 Å². The molecular weight excluding hydrogens is 551 g/mol. The molecule has 9 nitrogen and oxygen atoms in total. The van der Waals surface area contributed by atoms with E-state index in [1.54, 1.807) is 52.3 Å². The highest BCUT2D eigenvalue weighted by Crippen LogP contribution is 2.53. The topological polar surface area (TPSA) is 113 Å². The average molecular weight is 585 g/mol. The van der Waals surface area contributed by atoms with E-state index in [4.69, 9.17) is 0 Å². The monoisotopic (exact) mass is 584 g/mol. The van der Waals surface area contributed by atoms with Gasteiger partial charge in [0.05, 0.1) is 16.9 Å². The largest absolute Gasteiger partial charge is 0.338 e. The van der Waals surface area contributed by atoms with Gasteiger partial charge in [-0.15, -0.1) is 0 Å². The lowest BCUT2D eigenvalue weighted by atomic mass is 9.75. The molecule has 0 spiro atoms. The van der Waals surface area contributed by atoms with Crippen LogP contribution in [0.2, 0.25) is 0 Å². The van der Waals surface area contributed by atoms with Crippen LogP contribution in [0.5, 0.6) is 0 Å². The molecule has 43 heavy (non-hydrogen) atoms. The summed E-state index contributed by atoms with van der Waals surface area (Å²) in [5, 5.41) is 15.1. The molecule has 2 saturated heterocycles. The Bertz CT molecular complexity index is 1570. The van der Waals surface area contributed by atoms with Crippen LogP contribution in [-0.4, -0.2) is 64.5 Å². The molecule has 3 fully saturated rings. The number of piperazine rings is 1. The van der Waals surface area contributed by atoms with Crippen LogP contribution in [-0.2, 0) is 9.59 Å². The van der Waals surface area contributed by atoms with Gasteiger partial charge in [-0.2, -0.15) is 0 Å². The molecule has 4 unspecified atom stereocenters. The minimum Gasteiger partial charge on any atom is -0.338 e. The number of nitro benzene ring substituents is 1. The fourth-order valence-corrected chi connectivity index (χ4v) is 6.63. The van der Waals surface area contributed by atoms with Gasteiger partial charge in [0.15, 0.2) is 5.78 Å². The van der Waals surface area contributed by atoms with E-state index < -0.39 is 34.7 Å². The lowest BCUT2D eigenvalue weighted by molar-refractivity contribution is -0.385. The van der Waals surface area contributed by atoms with Crippen molar-refractivity contribution in [3.05, 3.63) is 111 Å². The number of amides is 2. The summed E-state index contributed by atoms with van der Waals surface area (Å²) in [6.07, 6.45) is 1.34. The third kappa shape index (κ3) is 5.54. The smallest absolute Gasteiger partial charge is 0.269 e. The molecule has 1 aliphatic carbocycles. The van der Waals surface area contributed by atoms with Gasteiger partial charge in [-0.1, -0.05) is 48.0 Å². The third-order valence-corrected chi connectivity index (χ3v) is 8.81. The first-order valence-corrected chi connectivity index (χ1v) is 14.7. The lowest BCUT2D eigenvalue weighted by Gasteiger charge is -2.36. The van der Waals surface area contributed by atoms with E-state index in [2.05, 4.69) is 5.32 Å². The zero-order chi connectivity index (χ0) is 30.2. The summed E-state index contributed by atoms with van der Waals surface area (Å²) in [6, 6.07) is 16.9. The predicted molar refractivity (Wildman–Crippen MR) is 157 cm³/mol. The maximum Gasteiger partial charge on any atom is 0.269 e. The standard InChI is InChI=1S/C33H33FN4O5/c1-20-4-2-6-24(18-20)31(39)28-27(21-10-12-25(34)13-11-21)30(33(41)36-16-14-35-15-17-36)37(32(40)22-8-9-22)29(28)23-5-3-7-26(19-23)38(42)43/h2-7,10-13,18-19,22,27-30,35H,8-9,14-17H2,1H3. The zero-order valence-corrected chi connectivity index (χ0v) is 23.8. The van der Waals surface area contributed by atoms with E-state index in [9.17, 15) is 28.9 Å². The van der Waals surface area contributed by atoms with E-state index in [1.807, 2.05) is 13.0 Å². The number of likely N-dealkylation sites (tertiary alicyclic amines) is 1. The molecule has 10 heteroatoms. The molecule has 4 atom stereocenters. The van der Waals surface area contributed by atoms with Crippen molar-refractivity contribution in [3.8, 4) is 0 Å². The van der Waals surface area contributed by atoms with Gasteiger partial charge in [-0.3, -0.25) is 24.5 Å². The molecule has 2 aliphatic heterocycles. The van der Waals surface area contributed by atoms with Crippen molar-refractivity contribution in [1.29, 1.82) is 0 Å². The summed E-state index contributed by atoms with van der Waals surface area (Å²) in [5.41, 5.74) is 2.09. The number of non-ortho nitro benzene ring substituents is 1. The maximum absolute atomic E-state index is 14.7. The highest BCUT2D eigenvalue weighted by Gasteiger charge is 2.59. The SMILES string of the molecule is Cc1cccc(C(=O)C2C(c3ccc(F)cc3)C(C(=O)N3CCNCC3)N(C(=O)C3CC3)C2c2cccc([N+](=O)[O-])c2)c1. The molecular formula is C33H33FN4O5. The maximum atomic E-state index is 14.7. The van der Waals surface area contributed by atoms with Crippen molar-refractivity contribution in [2.45, 2.75) is 37.8 Å². The molecule has 0 radical (unpaired) electrons. The second-order valence-electron chi connectivity index (χ2n) is 11.7. The third-order valence-electron chi connectivity index (χ3n) is 8.81. The van der Waals surface area contributed by atoms with Crippen molar-refractivity contribution in [3.63, 3.8) is 0 Å². The Morgan fingerprint density at radius 3 is 2.26 bits per heavy atom. The molecule has 222 valence electrons. The Kier molecular flexibility index (Phi) is 7.79. The molecule has 0 bridgehead atoms. The minimum atomic E-state index is -1.06. The summed E-state index contributed by atoms with van der Waals surface area (Å²) in [4.78, 5) is 58.0. The number of Topliss-reactive ketones (excluding diaryl/α,β-unsaturated/α-hetero) is 1. The lowest BCUT2D eigenvalue weighted by Crippen LogP contribution is -2.55. The number of ketones is 1. The van der Waals surface area contributed by atoms with Gasteiger partial charge in [0.1, 0.15) is 11.9 Å². The van der Waals surface area contributed by atoms with E-state index in [0.29, 0.717) is 55.7 Å². The van der Waals surface area contributed by atoms with Crippen molar-refractivity contribution < 1.29 is 23.7 Å². The summed E-state index contributed by atoms with van der Waals surface area (Å²) in [6.45, 7) is 3.94. The number of rotatable bonds is 7. The number of halogens is 1. The molecule has 3 aromatic carbocycles. The van der Waals surface area contributed by atoms with Crippen molar-refractivity contribution in [2.75, 3.05) is 26.2 Å². The Labute approximate surface area is 248 Å². The van der Waals surface area contributed by atoms with Crippen molar-refractivity contribution in [1.82, 2.24) is 15.1 Å². The van der Waals surface area contributed by atoms with Gasteiger partial charge >= 0.3 is 0 Å². The number of nitrogens with zero attached hydrogens (tertiary/aromatic N) is 3. The van der Waals surface area contributed by atoms with Gasteiger partial charge in [-0.05, 0) is 49.1 Å². The van der Waals surface area contributed by atoms with Crippen LogP contribution in [0.4, 0.5) is 10.1 Å². The molecule has 6 rings (SSSR count). The number of carbonyl (C=O) groups excluding carboxylic acids is 3. The first-order chi connectivity index (χ1) is 20.7. The summed E-state index contributed by atoms with van der Waals surface area (Å²) < 4.78 is 14.2. The second-order valence-corrected chi connectivity index (χ2v) is 11.7. The normalized spacial score (nSPS) is 23.7. The number of nitro groups is 1. The zero-order valence-electron chi connectivity index (χ0n) is 23.8. The Morgan fingerprint density at radius 2 is 1.60 bits per heavy atom. The summed E-state index contributed by atoms with van der Waals surface area (Å²) in [7, 11) is 0. The number of nitrogens with one attached hydrogen (secondary N) is 1. The molecule has 1 N–H and O–H groups in total. The molecule has 3 aromatic rings. The fourth-order valence-electron chi connectivity index (χ4n) is 6.63. The number of benzene rings is 3. The van der Waals surface area contributed by atoms with Crippen LogP contribution in [0, 0.1) is 34.7 Å². The van der Waals surface area contributed by atoms with E-state index >= 15 is 0 Å². The van der Waals surface area contributed by atoms with Crippen molar-refractivity contribution in [2.24, 2.45) is 11.8 Å². The van der Waals surface area contributed by atoms with Gasteiger partial charge in [0, 0.05) is 55.7 Å². The van der Waals surface area contributed by atoms with Crippen LogP contribution >= 0.6 is 0 Å².